The van der Waals surface area contributed by atoms with Crippen LogP contribution >= 0.6 is 12.4 Å². The molecule has 2 unspecified atom stereocenters. The van der Waals surface area contributed by atoms with Crippen LogP contribution in [0.4, 0.5) is 4.39 Å². The number of halogens is 2. The molecule has 3 nitrogen and oxygen atoms in total. The molecule has 0 aliphatic heterocycles. The van der Waals surface area contributed by atoms with Crippen LogP contribution in [0.3, 0.4) is 0 Å². The zero-order chi connectivity index (χ0) is 11.4. The first kappa shape index (κ1) is 14.9. The number of rotatable bonds is 3. The van der Waals surface area contributed by atoms with Gasteiger partial charge in [0.05, 0.1) is 0 Å². The largest absolute Gasteiger partial charge is 0.457 e. The van der Waals surface area contributed by atoms with E-state index in [9.17, 15) is 9.18 Å². The third-order valence-electron chi connectivity index (χ3n) is 2.00. The molecule has 2 atom stereocenters. The van der Waals surface area contributed by atoms with Gasteiger partial charge in [-0.1, -0.05) is 12.1 Å². The molecule has 2 N–H and O–H groups in total. The van der Waals surface area contributed by atoms with Crippen LogP contribution in [0.5, 0.6) is 0 Å². The van der Waals surface area contributed by atoms with Crippen molar-refractivity contribution in [3.8, 4) is 0 Å². The SMILES string of the molecule is CC(N)C(=O)OC(C)c1ccc(F)cc1.Cl. The van der Waals surface area contributed by atoms with Crippen molar-refractivity contribution in [1.29, 1.82) is 0 Å². The molecule has 0 bridgehead atoms. The molecule has 0 radical (unpaired) electrons. The van der Waals surface area contributed by atoms with E-state index in [1.807, 2.05) is 0 Å². The minimum absolute atomic E-state index is 0. The first-order valence-corrected chi connectivity index (χ1v) is 4.72. The maximum atomic E-state index is 12.6. The second-order valence-corrected chi connectivity index (χ2v) is 3.42. The van der Waals surface area contributed by atoms with Crippen molar-refractivity contribution in [2.45, 2.75) is 26.0 Å². The highest BCUT2D eigenvalue weighted by atomic mass is 35.5. The molecule has 0 aromatic heterocycles. The van der Waals surface area contributed by atoms with Crippen LogP contribution < -0.4 is 5.73 Å². The Bertz CT molecular complexity index is 340. The third-order valence-corrected chi connectivity index (χ3v) is 2.00. The van der Waals surface area contributed by atoms with Gasteiger partial charge in [0.1, 0.15) is 18.0 Å². The maximum absolute atomic E-state index is 12.6. The molecular formula is C11H15ClFNO2. The molecule has 1 rings (SSSR count). The van der Waals surface area contributed by atoms with Crippen LogP contribution in [0.25, 0.3) is 0 Å². The lowest BCUT2D eigenvalue weighted by atomic mass is 10.1. The maximum Gasteiger partial charge on any atom is 0.323 e. The Morgan fingerprint density at radius 3 is 2.25 bits per heavy atom. The van der Waals surface area contributed by atoms with E-state index in [1.165, 1.54) is 12.1 Å². The quantitative estimate of drug-likeness (QED) is 0.833. The fourth-order valence-electron chi connectivity index (χ4n) is 1.08. The average Bonchev–Trinajstić information content (AvgIpc) is 2.18. The number of hydrogen-bond donors (Lipinski definition) is 1. The highest BCUT2D eigenvalue weighted by Gasteiger charge is 2.14. The summed E-state index contributed by atoms with van der Waals surface area (Å²) < 4.78 is 17.7. The molecule has 90 valence electrons. The van der Waals surface area contributed by atoms with E-state index >= 15 is 0 Å². The Morgan fingerprint density at radius 1 is 1.31 bits per heavy atom. The Balaban J connectivity index is 0.00000225. The molecule has 0 fully saturated rings. The molecule has 0 amide bonds. The van der Waals surface area contributed by atoms with E-state index < -0.39 is 18.1 Å². The molecule has 0 heterocycles. The zero-order valence-electron chi connectivity index (χ0n) is 9.14. The number of ether oxygens (including phenoxy) is 1. The fourth-order valence-corrected chi connectivity index (χ4v) is 1.08. The Kier molecular flexibility index (Phi) is 6.00. The number of esters is 1. The summed E-state index contributed by atoms with van der Waals surface area (Å²) in [5.41, 5.74) is 6.09. The van der Waals surface area contributed by atoms with Gasteiger partial charge in [0.25, 0.3) is 0 Å². The van der Waals surface area contributed by atoms with Gasteiger partial charge in [-0.15, -0.1) is 12.4 Å². The van der Waals surface area contributed by atoms with Crippen molar-refractivity contribution >= 4 is 18.4 Å². The first-order chi connectivity index (χ1) is 7.00. The van der Waals surface area contributed by atoms with E-state index in [0.717, 1.165) is 5.56 Å². The van der Waals surface area contributed by atoms with Crippen LogP contribution in [0.1, 0.15) is 25.5 Å². The van der Waals surface area contributed by atoms with Crippen molar-refractivity contribution in [3.63, 3.8) is 0 Å². The minimum atomic E-state index is -0.645. The van der Waals surface area contributed by atoms with Gasteiger partial charge in [0.15, 0.2) is 0 Å². The summed E-state index contributed by atoms with van der Waals surface area (Å²) in [5.74, 6) is -0.781. The van der Waals surface area contributed by atoms with Gasteiger partial charge < -0.3 is 10.5 Å². The van der Waals surface area contributed by atoms with Gasteiger partial charge in [0, 0.05) is 0 Å². The molecule has 0 saturated heterocycles. The van der Waals surface area contributed by atoms with Crippen LogP contribution in [0.2, 0.25) is 0 Å². The summed E-state index contributed by atoms with van der Waals surface area (Å²) in [6.45, 7) is 3.27. The molecule has 0 spiro atoms. The summed E-state index contributed by atoms with van der Waals surface area (Å²) in [4.78, 5) is 11.2. The number of carbonyl (C=O) groups is 1. The van der Waals surface area contributed by atoms with E-state index in [2.05, 4.69) is 0 Å². The molecule has 1 aromatic carbocycles. The number of carbonyl (C=O) groups excluding carboxylic acids is 1. The molecule has 0 saturated carbocycles. The third kappa shape index (κ3) is 4.16. The summed E-state index contributed by atoms with van der Waals surface area (Å²) in [6.07, 6.45) is -0.413. The topological polar surface area (TPSA) is 52.3 Å². The van der Waals surface area contributed by atoms with Crippen LogP contribution in [-0.2, 0) is 9.53 Å². The van der Waals surface area contributed by atoms with E-state index in [4.69, 9.17) is 10.5 Å². The zero-order valence-corrected chi connectivity index (χ0v) is 9.96. The standard InChI is InChI=1S/C11H14FNO2.ClH/c1-7(13)11(14)15-8(2)9-3-5-10(12)6-4-9;/h3-8H,13H2,1-2H3;1H. The second-order valence-electron chi connectivity index (χ2n) is 3.42. The number of benzene rings is 1. The second kappa shape index (κ2) is 6.45. The minimum Gasteiger partial charge on any atom is -0.457 e. The van der Waals surface area contributed by atoms with Crippen LogP contribution in [0, 0.1) is 5.82 Å². The molecule has 0 aliphatic carbocycles. The lowest BCUT2D eigenvalue weighted by Gasteiger charge is -2.14. The van der Waals surface area contributed by atoms with Gasteiger partial charge in [-0.2, -0.15) is 0 Å². The molecule has 16 heavy (non-hydrogen) atoms. The predicted octanol–water partition coefficient (Wildman–Crippen LogP) is 2.20. The normalized spacial score (nSPS) is 13.5. The summed E-state index contributed by atoms with van der Waals surface area (Å²) in [5, 5.41) is 0. The molecular weight excluding hydrogens is 233 g/mol. The lowest BCUT2D eigenvalue weighted by molar-refractivity contribution is -0.149. The highest BCUT2D eigenvalue weighted by molar-refractivity contribution is 5.85. The Hall–Kier alpha value is -1.13. The van der Waals surface area contributed by atoms with Gasteiger partial charge in [-0.25, -0.2) is 4.39 Å². The first-order valence-electron chi connectivity index (χ1n) is 4.72. The van der Waals surface area contributed by atoms with Crippen molar-refractivity contribution in [1.82, 2.24) is 0 Å². The smallest absolute Gasteiger partial charge is 0.323 e. The van der Waals surface area contributed by atoms with Gasteiger partial charge in [0.2, 0.25) is 0 Å². The van der Waals surface area contributed by atoms with E-state index in [-0.39, 0.29) is 18.2 Å². The van der Waals surface area contributed by atoms with Crippen LogP contribution in [0.15, 0.2) is 24.3 Å². The monoisotopic (exact) mass is 247 g/mol. The highest BCUT2D eigenvalue weighted by Crippen LogP contribution is 2.17. The van der Waals surface area contributed by atoms with Crippen molar-refractivity contribution in [2.24, 2.45) is 5.73 Å². The van der Waals surface area contributed by atoms with Crippen molar-refractivity contribution in [3.05, 3.63) is 35.6 Å². The summed E-state index contributed by atoms with van der Waals surface area (Å²) >= 11 is 0. The van der Waals surface area contributed by atoms with Gasteiger partial charge in [-0.3, -0.25) is 4.79 Å². The van der Waals surface area contributed by atoms with E-state index in [1.54, 1.807) is 26.0 Å². The summed E-state index contributed by atoms with van der Waals surface area (Å²) in [7, 11) is 0. The Morgan fingerprint density at radius 2 is 1.81 bits per heavy atom. The van der Waals surface area contributed by atoms with Gasteiger partial charge >= 0.3 is 5.97 Å². The van der Waals surface area contributed by atoms with Crippen molar-refractivity contribution in [2.75, 3.05) is 0 Å². The number of nitrogens with two attached hydrogens (primary N) is 1. The lowest BCUT2D eigenvalue weighted by Crippen LogP contribution is -2.29. The van der Waals surface area contributed by atoms with Gasteiger partial charge in [-0.05, 0) is 31.5 Å². The molecule has 5 heteroatoms. The molecule has 1 aromatic rings. The molecule has 0 aliphatic rings. The Labute approximate surface area is 100 Å². The summed E-state index contributed by atoms with van der Waals surface area (Å²) in [6, 6.07) is 5.16. The fraction of sp³-hybridized carbons (Fsp3) is 0.364. The van der Waals surface area contributed by atoms with Crippen LogP contribution in [-0.4, -0.2) is 12.0 Å². The van der Waals surface area contributed by atoms with Crippen molar-refractivity contribution < 1.29 is 13.9 Å². The average molecular weight is 248 g/mol. The van der Waals surface area contributed by atoms with E-state index in [0.29, 0.717) is 0 Å². The predicted molar refractivity (Wildman–Crippen MR) is 61.8 cm³/mol. The number of hydrogen-bond acceptors (Lipinski definition) is 3.